The SMILES string of the molecule is CC(C)CC(C)OCC(O)CNCCc1ccn(C)n1. The molecule has 2 unspecified atom stereocenters. The van der Waals surface area contributed by atoms with Gasteiger partial charge in [0.15, 0.2) is 0 Å². The summed E-state index contributed by atoms with van der Waals surface area (Å²) < 4.78 is 7.43. The minimum Gasteiger partial charge on any atom is -0.389 e. The molecule has 0 saturated heterocycles. The summed E-state index contributed by atoms with van der Waals surface area (Å²) in [6.45, 7) is 8.17. The molecule has 0 spiro atoms. The molecule has 116 valence electrons. The number of aliphatic hydroxyl groups excluding tert-OH is 1. The van der Waals surface area contributed by atoms with Gasteiger partial charge >= 0.3 is 0 Å². The van der Waals surface area contributed by atoms with Crippen LogP contribution in [-0.4, -0.2) is 46.8 Å². The summed E-state index contributed by atoms with van der Waals surface area (Å²) in [5.74, 6) is 0.624. The molecule has 0 aliphatic heterocycles. The van der Waals surface area contributed by atoms with Crippen molar-refractivity contribution in [1.82, 2.24) is 15.1 Å². The van der Waals surface area contributed by atoms with Crippen molar-refractivity contribution >= 4 is 0 Å². The maximum atomic E-state index is 9.83. The Bertz CT molecular complexity index is 366. The quantitative estimate of drug-likeness (QED) is 0.637. The van der Waals surface area contributed by atoms with Crippen molar-refractivity contribution in [3.63, 3.8) is 0 Å². The maximum Gasteiger partial charge on any atom is 0.0897 e. The van der Waals surface area contributed by atoms with Gasteiger partial charge in [-0.3, -0.25) is 4.68 Å². The molecule has 20 heavy (non-hydrogen) atoms. The summed E-state index contributed by atoms with van der Waals surface area (Å²) in [4.78, 5) is 0. The van der Waals surface area contributed by atoms with Crippen LogP contribution < -0.4 is 5.32 Å². The van der Waals surface area contributed by atoms with E-state index in [-0.39, 0.29) is 6.10 Å². The lowest BCUT2D eigenvalue weighted by molar-refractivity contribution is -0.00839. The van der Waals surface area contributed by atoms with Crippen LogP contribution >= 0.6 is 0 Å². The van der Waals surface area contributed by atoms with Gasteiger partial charge in [-0.2, -0.15) is 5.10 Å². The monoisotopic (exact) mass is 283 g/mol. The number of aromatic nitrogens is 2. The van der Waals surface area contributed by atoms with Crippen molar-refractivity contribution in [3.8, 4) is 0 Å². The number of rotatable bonds is 10. The van der Waals surface area contributed by atoms with Gasteiger partial charge in [-0.15, -0.1) is 0 Å². The van der Waals surface area contributed by atoms with E-state index in [1.165, 1.54) is 0 Å². The Morgan fingerprint density at radius 3 is 2.75 bits per heavy atom. The van der Waals surface area contributed by atoms with Crippen LogP contribution in [0.3, 0.4) is 0 Å². The second-order valence-electron chi connectivity index (χ2n) is 5.86. The fourth-order valence-electron chi connectivity index (χ4n) is 2.15. The van der Waals surface area contributed by atoms with Gasteiger partial charge in [0.1, 0.15) is 0 Å². The number of aryl methyl sites for hydroxylation is 1. The average molecular weight is 283 g/mol. The van der Waals surface area contributed by atoms with E-state index in [2.05, 4.69) is 31.2 Å². The molecule has 0 aliphatic carbocycles. The van der Waals surface area contributed by atoms with Crippen LogP contribution in [0.4, 0.5) is 0 Å². The zero-order valence-electron chi connectivity index (χ0n) is 13.2. The highest BCUT2D eigenvalue weighted by Crippen LogP contribution is 2.07. The Balaban J connectivity index is 2.03. The van der Waals surface area contributed by atoms with Crippen molar-refractivity contribution in [1.29, 1.82) is 0 Å². The Hall–Kier alpha value is -0.910. The summed E-state index contributed by atoms with van der Waals surface area (Å²) in [5, 5.41) is 17.4. The molecule has 2 N–H and O–H groups in total. The standard InChI is InChI=1S/C15H29N3O2/c1-12(2)9-13(3)20-11-15(19)10-16-7-5-14-6-8-18(4)17-14/h6,8,12-13,15-16,19H,5,7,9-11H2,1-4H3. The van der Waals surface area contributed by atoms with Gasteiger partial charge in [-0.25, -0.2) is 0 Å². The third-order valence-electron chi connectivity index (χ3n) is 3.08. The van der Waals surface area contributed by atoms with E-state index >= 15 is 0 Å². The first-order valence-electron chi connectivity index (χ1n) is 7.46. The van der Waals surface area contributed by atoms with E-state index in [0.29, 0.717) is 19.1 Å². The summed E-state index contributed by atoms with van der Waals surface area (Å²) in [5.41, 5.74) is 1.07. The molecule has 1 aromatic rings. The highest BCUT2D eigenvalue weighted by atomic mass is 16.5. The fourth-order valence-corrected chi connectivity index (χ4v) is 2.15. The predicted molar refractivity (Wildman–Crippen MR) is 80.7 cm³/mol. The van der Waals surface area contributed by atoms with Gasteiger partial charge in [0.05, 0.1) is 24.5 Å². The van der Waals surface area contributed by atoms with E-state index in [0.717, 1.165) is 25.1 Å². The number of hydrogen-bond acceptors (Lipinski definition) is 4. The van der Waals surface area contributed by atoms with Crippen molar-refractivity contribution in [2.24, 2.45) is 13.0 Å². The third kappa shape index (κ3) is 7.62. The highest BCUT2D eigenvalue weighted by Gasteiger charge is 2.09. The highest BCUT2D eigenvalue weighted by molar-refractivity contribution is 4.98. The number of aliphatic hydroxyl groups is 1. The molecule has 2 atom stereocenters. The van der Waals surface area contributed by atoms with Gasteiger partial charge < -0.3 is 15.2 Å². The number of nitrogens with zero attached hydrogens (tertiary/aromatic N) is 2. The van der Waals surface area contributed by atoms with Crippen LogP contribution in [0.5, 0.6) is 0 Å². The van der Waals surface area contributed by atoms with E-state index < -0.39 is 6.10 Å². The predicted octanol–water partition coefficient (Wildman–Crippen LogP) is 1.36. The summed E-state index contributed by atoms with van der Waals surface area (Å²) in [6, 6.07) is 2.01. The molecule has 0 aromatic carbocycles. The van der Waals surface area contributed by atoms with Crippen molar-refractivity contribution in [2.45, 2.75) is 45.8 Å². The maximum absolute atomic E-state index is 9.83. The topological polar surface area (TPSA) is 59.3 Å². The number of ether oxygens (including phenoxy) is 1. The van der Waals surface area contributed by atoms with Crippen molar-refractivity contribution in [2.75, 3.05) is 19.7 Å². The molecule has 1 heterocycles. The zero-order valence-corrected chi connectivity index (χ0v) is 13.2. The normalized spacial score (nSPS) is 14.7. The molecule has 0 saturated carbocycles. The molecule has 1 aromatic heterocycles. The minimum absolute atomic E-state index is 0.207. The first-order valence-corrected chi connectivity index (χ1v) is 7.46. The van der Waals surface area contributed by atoms with E-state index in [1.807, 2.05) is 19.3 Å². The van der Waals surface area contributed by atoms with Gasteiger partial charge in [-0.05, 0) is 25.3 Å². The van der Waals surface area contributed by atoms with Gasteiger partial charge in [0, 0.05) is 32.8 Å². The molecular formula is C15H29N3O2. The molecule has 1 rings (SSSR count). The van der Waals surface area contributed by atoms with E-state index in [4.69, 9.17) is 4.74 Å². The van der Waals surface area contributed by atoms with Crippen LogP contribution in [0.2, 0.25) is 0 Å². The molecule has 0 bridgehead atoms. The fraction of sp³-hybridized carbons (Fsp3) is 0.800. The van der Waals surface area contributed by atoms with Crippen LogP contribution in [-0.2, 0) is 18.2 Å². The molecule has 0 aliphatic rings. The lowest BCUT2D eigenvalue weighted by atomic mass is 10.1. The zero-order chi connectivity index (χ0) is 15.0. The van der Waals surface area contributed by atoms with Gasteiger partial charge in [0.25, 0.3) is 0 Å². The van der Waals surface area contributed by atoms with Gasteiger partial charge in [-0.1, -0.05) is 13.8 Å². The first-order chi connectivity index (χ1) is 9.47. The summed E-state index contributed by atoms with van der Waals surface area (Å²) >= 11 is 0. The Morgan fingerprint density at radius 1 is 1.40 bits per heavy atom. The Labute approximate surface area is 122 Å². The van der Waals surface area contributed by atoms with Crippen LogP contribution in [0.25, 0.3) is 0 Å². The van der Waals surface area contributed by atoms with E-state index in [9.17, 15) is 5.11 Å². The lowest BCUT2D eigenvalue weighted by Gasteiger charge is -2.18. The first kappa shape index (κ1) is 17.1. The largest absolute Gasteiger partial charge is 0.389 e. The third-order valence-corrected chi connectivity index (χ3v) is 3.08. The van der Waals surface area contributed by atoms with Crippen LogP contribution in [0.1, 0.15) is 32.9 Å². The lowest BCUT2D eigenvalue weighted by Crippen LogP contribution is -2.33. The Morgan fingerprint density at radius 2 is 2.15 bits per heavy atom. The number of hydrogen-bond donors (Lipinski definition) is 2. The van der Waals surface area contributed by atoms with Crippen LogP contribution in [0.15, 0.2) is 12.3 Å². The summed E-state index contributed by atoms with van der Waals surface area (Å²) in [6.07, 6.45) is 3.60. The molecule has 0 fully saturated rings. The Kier molecular flexibility index (Phi) is 7.80. The molecule has 0 radical (unpaired) electrons. The number of nitrogens with one attached hydrogen (secondary N) is 1. The minimum atomic E-state index is -0.451. The average Bonchev–Trinajstić information content (AvgIpc) is 2.77. The van der Waals surface area contributed by atoms with Crippen molar-refractivity contribution < 1.29 is 9.84 Å². The van der Waals surface area contributed by atoms with Gasteiger partial charge in [0.2, 0.25) is 0 Å². The van der Waals surface area contributed by atoms with Crippen molar-refractivity contribution in [3.05, 3.63) is 18.0 Å². The molecule has 5 nitrogen and oxygen atoms in total. The molecular weight excluding hydrogens is 254 g/mol. The summed E-state index contributed by atoms with van der Waals surface area (Å²) in [7, 11) is 1.91. The molecule has 5 heteroatoms. The second kappa shape index (κ2) is 9.10. The smallest absolute Gasteiger partial charge is 0.0897 e. The second-order valence-corrected chi connectivity index (χ2v) is 5.86. The molecule has 0 amide bonds. The van der Waals surface area contributed by atoms with Crippen LogP contribution in [0, 0.1) is 5.92 Å². The van der Waals surface area contributed by atoms with E-state index in [1.54, 1.807) is 4.68 Å².